The van der Waals surface area contributed by atoms with E-state index in [0.717, 1.165) is 5.56 Å². The number of para-hydroxylation sites is 1. The number of hydrogen-bond acceptors (Lipinski definition) is 9. The quantitative estimate of drug-likeness (QED) is 0.0967. The van der Waals surface area contributed by atoms with Crippen LogP contribution >= 0.6 is 57.6 Å². The van der Waals surface area contributed by atoms with Gasteiger partial charge in [0, 0.05) is 15.8 Å². The molecule has 0 saturated carbocycles. The molecule has 5 aromatic rings. The maximum Gasteiger partial charge on any atom is 0.296 e. The van der Waals surface area contributed by atoms with Gasteiger partial charge >= 0.3 is 0 Å². The molecule has 1 unspecified atom stereocenters. The van der Waals surface area contributed by atoms with E-state index in [0.29, 0.717) is 42.1 Å². The highest BCUT2D eigenvalue weighted by molar-refractivity contribution is 8.00. The highest BCUT2D eigenvalue weighted by atomic mass is 35.5. The molecule has 1 aliphatic rings. The molecule has 0 fully saturated rings. The van der Waals surface area contributed by atoms with Gasteiger partial charge in [-0.25, -0.2) is 0 Å². The Morgan fingerprint density at radius 1 is 0.976 bits per heavy atom. The first-order chi connectivity index (χ1) is 20.4. The van der Waals surface area contributed by atoms with Gasteiger partial charge in [-0.2, -0.15) is 0 Å². The number of aromatic nitrogens is 2. The van der Waals surface area contributed by atoms with Crippen molar-refractivity contribution in [3.63, 3.8) is 0 Å². The summed E-state index contributed by atoms with van der Waals surface area (Å²) in [6, 6.07) is 24.1. The summed E-state index contributed by atoms with van der Waals surface area (Å²) in [6.07, 6.45) is 0. The number of aliphatic hydroxyl groups excluding tert-OH is 1. The summed E-state index contributed by atoms with van der Waals surface area (Å²) in [6.45, 7) is 0. The lowest BCUT2D eigenvalue weighted by Gasteiger charge is -2.24. The van der Waals surface area contributed by atoms with Crippen LogP contribution in [0.4, 0.5) is 5.13 Å². The summed E-state index contributed by atoms with van der Waals surface area (Å²) in [7, 11) is 0. The Morgan fingerprint density at radius 2 is 1.79 bits per heavy atom. The average Bonchev–Trinajstić information content (AvgIpc) is 3.74. The molecule has 0 saturated heterocycles. The molecule has 0 spiro atoms. The zero-order chi connectivity index (χ0) is 29.2. The van der Waals surface area contributed by atoms with Gasteiger partial charge in [-0.3, -0.25) is 14.5 Å². The van der Waals surface area contributed by atoms with Crippen molar-refractivity contribution >= 4 is 74.5 Å². The number of amides is 1. The van der Waals surface area contributed by atoms with E-state index in [1.165, 1.54) is 39.3 Å². The number of thiophene rings is 1. The van der Waals surface area contributed by atoms with E-state index in [9.17, 15) is 14.7 Å². The number of anilines is 1. The summed E-state index contributed by atoms with van der Waals surface area (Å²) in [5, 5.41) is 22.7. The van der Waals surface area contributed by atoms with Gasteiger partial charge in [0.25, 0.3) is 5.91 Å². The predicted octanol–water partition coefficient (Wildman–Crippen LogP) is 8.77. The van der Waals surface area contributed by atoms with Crippen LogP contribution in [0.3, 0.4) is 0 Å². The second-order valence-electron chi connectivity index (χ2n) is 9.01. The van der Waals surface area contributed by atoms with E-state index >= 15 is 0 Å². The van der Waals surface area contributed by atoms with Gasteiger partial charge in [-0.15, -0.1) is 21.5 Å². The Balaban J connectivity index is 1.35. The third-order valence-corrected chi connectivity index (χ3v) is 9.88. The molecular weight excluding hydrogens is 633 g/mol. The van der Waals surface area contributed by atoms with E-state index in [4.69, 9.17) is 27.9 Å². The predicted molar refractivity (Wildman–Crippen MR) is 167 cm³/mol. The summed E-state index contributed by atoms with van der Waals surface area (Å²) in [5.74, 6) is -0.142. The number of carbonyl (C=O) groups is 2. The number of rotatable bonds is 9. The summed E-state index contributed by atoms with van der Waals surface area (Å²) in [4.78, 5) is 28.9. The van der Waals surface area contributed by atoms with Gasteiger partial charge in [0.2, 0.25) is 10.9 Å². The number of thioether (sulfide) groups is 1. The van der Waals surface area contributed by atoms with E-state index in [1.54, 1.807) is 53.9 Å². The van der Waals surface area contributed by atoms with Gasteiger partial charge in [-0.1, -0.05) is 88.8 Å². The van der Waals surface area contributed by atoms with Gasteiger partial charge < -0.3 is 9.84 Å². The van der Waals surface area contributed by atoms with Crippen molar-refractivity contribution in [2.24, 2.45) is 0 Å². The molecule has 0 radical (unpaired) electrons. The van der Waals surface area contributed by atoms with Crippen LogP contribution in [-0.4, -0.2) is 27.0 Å². The molecule has 3 aromatic carbocycles. The molecule has 6 rings (SSSR count). The van der Waals surface area contributed by atoms with Crippen LogP contribution in [0.1, 0.15) is 26.8 Å². The standard InChI is InChI=1S/C30H19Cl2N3O4S3/c31-19-12-11-18(22(32)15-19)16-41-30-34-33-29(42-30)35-25(24(27(37)28(35)38)26(36)23-10-5-13-40-23)17-6-4-9-21(14-17)39-20-7-2-1-3-8-20/h1-15,25,37H,16H2. The number of Topliss-reactive ketones (excluding diaryl/α,β-unsaturated/α-hetero) is 1. The normalized spacial score (nSPS) is 15.0. The molecule has 12 heteroatoms. The molecule has 0 bridgehead atoms. The Kier molecular flexibility index (Phi) is 8.32. The van der Waals surface area contributed by atoms with Crippen molar-refractivity contribution in [2.75, 3.05) is 4.90 Å². The number of benzene rings is 3. The minimum absolute atomic E-state index is 0.0309. The highest BCUT2D eigenvalue weighted by Gasteiger charge is 2.46. The number of ketones is 1. The third kappa shape index (κ3) is 5.81. The fourth-order valence-corrected chi connectivity index (χ4v) is 7.50. The molecule has 7 nitrogen and oxygen atoms in total. The summed E-state index contributed by atoms with van der Waals surface area (Å²) in [5.41, 5.74) is 1.41. The largest absolute Gasteiger partial charge is 0.503 e. The topological polar surface area (TPSA) is 92.6 Å². The molecule has 0 aliphatic carbocycles. The smallest absolute Gasteiger partial charge is 0.296 e. The number of hydrogen-bond donors (Lipinski definition) is 1. The van der Waals surface area contributed by atoms with Gasteiger partial charge in [0.1, 0.15) is 11.5 Å². The van der Waals surface area contributed by atoms with Crippen molar-refractivity contribution < 1.29 is 19.4 Å². The van der Waals surface area contributed by atoms with Gasteiger partial charge in [0.15, 0.2) is 10.1 Å². The van der Waals surface area contributed by atoms with Crippen LogP contribution < -0.4 is 9.64 Å². The van der Waals surface area contributed by atoms with Crippen molar-refractivity contribution in [3.05, 3.63) is 128 Å². The molecule has 42 heavy (non-hydrogen) atoms. The second-order valence-corrected chi connectivity index (χ2v) is 13.0. The molecule has 1 N–H and O–H groups in total. The SMILES string of the molecule is O=C(C1=C(O)C(=O)N(c2nnc(SCc3ccc(Cl)cc3Cl)s2)C1c1cccc(Oc2ccccc2)c1)c1cccs1. The van der Waals surface area contributed by atoms with Crippen molar-refractivity contribution in [2.45, 2.75) is 16.1 Å². The summed E-state index contributed by atoms with van der Waals surface area (Å²) >= 11 is 16.1. The van der Waals surface area contributed by atoms with Crippen molar-refractivity contribution in [3.8, 4) is 11.5 Å². The lowest BCUT2D eigenvalue weighted by atomic mass is 9.95. The minimum atomic E-state index is -0.956. The van der Waals surface area contributed by atoms with Crippen LogP contribution in [0, 0.1) is 0 Å². The van der Waals surface area contributed by atoms with E-state index < -0.39 is 23.5 Å². The minimum Gasteiger partial charge on any atom is -0.503 e. The molecule has 1 aliphatic heterocycles. The molecule has 1 atom stereocenters. The third-order valence-electron chi connectivity index (χ3n) is 6.32. The first kappa shape index (κ1) is 28.4. The Hall–Kier alpha value is -3.67. The fourth-order valence-electron chi connectivity index (χ4n) is 4.40. The maximum absolute atomic E-state index is 13.6. The molecule has 2 aromatic heterocycles. The average molecular weight is 653 g/mol. The van der Waals surface area contributed by atoms with Crippen LogP contribution in [0.15, 0.2) is 106 Å². The molecule has 210 valence electrons. The maximum atomic E-state index is 13.6. The Morgan fingerprint density at radius 3 is 2.55 bits per heavy atom. The van der Waals surface area contributed by atoms with Crippen molar-refractivity contribution in [1.82, 2.24) is 10.2 Å². The fraction of sp³-hybridized carbons (Fsp3) is 0.0667. The number of aliphatic hydroxyl groups is 1. The highest BCUT2D eigenvalue weighted by Crippen LogP contribution is 2.45. The van der Waals surface area contributed by atoms with Crippen molar-refractivity contribution in [1.29, 1.82) is 0 Å². The van der Waals surface area contributed by atoms with Crippen LogP contribution in [-0.2, 0) is 10.5 Å². The van der Waals surface area contributed by atoms with Crippen LogP contribution in [0.2, 0.25) is 10.0 Å². The molecule has 3 heterocycles. The van der Waals surface area contributed by atoms with E-state index in [1.807, 2.05) is 36.4 Å². The second kappa shape index (κ2) is 12.3. The van der Waals surface area contributed by atoms with E-state index in [2.05, 4.69) is 10.2 Å². The molecular formula is C30H19Cl2N3O4S3. The monoisotopic (exact) mass is 651 g/mol. The lowest BCUT2D eigenvalue weighted by molar-refractivity contribution is -0.117. The molecule has 1 amide bonds. The van der Waals surface area contributed by atoms with Crippen LogP contribution in [0.5, 0.6) is 11.5 Å². The number of nitrogens with zero attached hydrogens (tertiary/aromatic N) is 3. The number of carbonyl (C=O) groups excluding carboxylic acids is 2. The number of ether oxygens (including phenoxy) is 1. The Bertz CT molecular complexity index is 1810. The first-order valence-electron chi connectivity index (χ1n) is 12.5. The zero-order valence-corrected chi connectivity index (χ0v) is 25.4. The van der Waals surface area contributed by atoms with Gasteiger partial charge in [-0.05, 0) is 59.0 Å². The summed E-state index contributed by atoms with van der Waals surface area (Å²) < 4.78 is 6.61. The van der Waals surface area contributed by atoms with E-state index in [-0.39, 0.29) is 10.7 Å². The Labute approximate surface area is 263 Å². The number of halogens is 2. The first-order valence-corrected chi connectivity index (χ1v) is 15.9. The van der Waals surface area contributed by atoms with Gasteiger partial charge in [0.05, 0.1) is 16.5 Å². The lowest BCUT2D eigenvalue weighted by Crippen LogP contribution is -2.31. The van der Waals surface area contributed by atoms with Crippen LogP contribution in [0.25, 0.3) is 0 Å². The zero-order valence-electron chi connectivity index (χ0n) is 21.4.